The standard InChI is InChI=1S/C25H24N4S/c1-15-6-7-20(11-17(15)3)28(5)25-9-8-24-26-14-21(29(24)27-25)23-13-19-10-16(2)18(4)12-22(19)30-23/h6-14H,1-5H3. The second kappa shape index (κ2) is 6.96. The SMILES string of the molecule is Cc1ccc(N(C)c2ccc3ncc(-c4cc5cc(C)c(C)cc5s4)n3n2)cc1C. The summed E-state index contributed by atoms with van der Waals surface area (Å²) in [6.45, 7) is 8.60. The van der Waals surface area contributed by atoms with E-state index in [4.69, 9.17) is 5.10 Å². The van der Waals surface area contributed by atoms with Gasteiger partial charge in [-0.2, -0.15) is 0 Å². The van der Waals surface area contributed by atoms with Gasteiger partial charge in [0.05, 0.1) is 11.1 Å². The van der Waals surface area contributed by atoms with Crippen molar-refractivity contribution in [1.82, 2.24) is 14.6 Å². The van der Waals surface area contributed by atoms with Crippen LogP contribution in [0, 0.1) is 27.7 Å². The lowest BCUT2D eigenvalue weighted by molar-refractivity contribution is 0.921. The van der Waals surface area contributed by atoms with Gasteiger partial charge in [0, 0.05) is 17.4 Å². The second-order valence-electron chi connectivity index (χ2n) is 8.02. The molecular formula is C25H24N4S. The highest BCUT2D eigenvalue weighted by Crippen LogP contribution is 2.35. The van der Waals surface area contributed by atoms with Crippen LogP contribution in [-0.4, -0.2) is 21.6 Å². The molecule has 0 saturated heterocycles. The summed E-state index contributed by atoms with van der Waals surface area (Å²) in [6.07, 6.45) is 1.92. The summed E-state index contributed by atoms with van der Waals surface area (Å²) in [5.41, 5.74) is 8.22. The van der Waals surface area contributed by atoms with E-state index < -0.39 is 0 Å². The molecule has 0 aliphatic heterocycles. The topological polar surface area (TPSA) is 33.4 Å². The molecule has 0 unspecified atom stereocenters. The number of aryl methyl sites for hydroxylation is 4. The first-order valence-electron chi connectivity index (χ1n) is 10.1. The Hall–Kier alpha value is -3.18. The highest BCUT2D eigenvalue weighted by atomic mass is 32.1. The fourth-order valence-electron chi connectivity index (χ4n) is 3.71. The summed E-state index contributed by atoms with van der Waals surface area (Å²) in [6, 6.07) is 17.3. The minimum absolute atomic E-state index is 0.854. The van der Waals surface area contributed by atoms with Gasteiger partial charge in [-0.05, 0) is 91.7 Å². The van der Waals surface area contributed by atoms with E-state index in [-0.39, 0.29) is 0 Å². The van der Waals surface area contributed by atoms with Gasteiger partial charge in [0.2, 0.25) is 0 Å². The molecule has 0 aliphatic carbocycles. The molecule has 0 amide bonds. The van der Waals surface area contributed by atoms with Gasteiger partial charge in [-0.25, -0.2) is 9.50 Å². The summed E-state index contributed by atoms with van der Waals surface area (Å²) in [7, 11) is 2.06. The zero-order valence-electron chi connectivity index (χ0n) is 17.9. The Bertz CT molecular complexity index is 1370. The number of benzene rings is 2. The minimum Gasteiger partial charge on any atom is -0.328 e. The number of nitrogens with zero attached hydrogens (tertiary/aromatic N) is 4. The molecule has 0 aliphatic rings. The fraction of sp³-hybridized carbons (Fsp3) is 0.200. The average Bonchev–Trinajstić information content (AvgIpc) is 3.33. The number of imidazole rings is 1. The van der Waals surface area contributed by atoms with Gasteiger partial charge in [0.1, 0.15) is 5.69 Å². The van der Waals surface area contributed by atoms with E-state index in [1.807, 2.05) is 22.8 Å². The summed E-state index contributed by atoms with van der Waals surface area (Å²) in [5, 5.41) is 6.21. The quantitative estimate of drug-likeness (QED) is 0.334. The van der Waals surface area contributed by atoms with Crippen molar-refractivity contribution in [2.24, 2.45) is 0 Å². The summed E-state index contributed by atoms with van der Waals surface area (Å²) >= 11 is 1.79. The molecule has 5 rings (SSSR count). The number of aromatic nitrogens is 3. The molecule has 0 fully saturated rings. The van der Waals surface area contributed by atoms with Gasteiger partial charge >= 0.3 is 0 Å². The Morgan fingerprint density at radius 1 is 0.833 bits per heavy atom. The van der Waals surface area contributed by atoms with Gasteiger partial charge in [-0.3, -0.25) is 0 Å². The van der Waals surface area contributed by atoms with Crippen LogP contribution in [0.2, 0.25) is 0 Å². The van der Waals surface area contributed by atoms with Crippen molar-refractivity contribution in [3.05, 3.63) is 77.0 Å². The van der Waals surface area contributed by atoms with Crippen molar-refractivity contribution >= 4 is 38.6 Å². The van der Waals surface area contributed by atoms with Gasteiger partial charge in [0.15, 0.2) is 11.5 Å². The van der Waals surface area contributed by atoms with Crippen LogP contribution in [0.5, 0.6) is 0 Å². The van der Waals surface area contributed by atoms with Gasteiger partial charge in [0.25, 0.3) is 0 Å². The van der Waals surface area contributed by atoms with E-state index >= 15 is 0 Å². The summed E-state index contributed by atoms with van der Waals surface area (Å²) in [4.78, 5) is 7.89. The van der Waals surface area contributed by atoms with E-state index in [0.717, 1.165) is 22.8 Å². The molecule has 0 spiro atoms. The average molecular weight is 413 g/mol. The third kappa shape index (κ3) is 3.06. The summed E-state index contributed by atoms with van der Waals surface area (Å²) in [5.74, 6) is 0.887. The third-order valence-corrected chi connectivity index (χ3v) is 7.08. The van der Waals surface area contributed by atoms with E-state index in [1.165, 1.54) is 37.2 Å². The number of anilines is 2. The first-order chi connectivity index (χ1) is 14.4. The van der Waals surface area contributed by atoms with Crippen LogP contribution < -0.4 is 4.90 Å². The normalized spacial score (nSPS) is 11.5. The Kier molecular flexibility index (Phi) is 4.36. The maximum Gasteiger partial charge on any atom is 0.154 e. The number of fused-ring (bicyclic) bond motifs is 2. The smallest absolute Gasteiger partial charge is 0.154 e. The molecule has 0 atom stereocenters. The molecule has 5 aromatic rings. The highest BCUT2D eigenvalue weighted by Gasteiger charge is 2.14. The predicted molar refractivity (Wildman–Crippen MR) is 127 cm³/mol. The van der Waals surface area contributed by atoms with Crippen molar-refractivity contribution in [3.8, 4) is 10.6 Å². The summed E-state index contributed by atoms with van der Waals surface area (Å²) < 4.78 is 3.25. The van der Waals surface area contributed by atoms with Gasteiger partial charge in [-0.1, -0.05) is 12.1 Å². The van der Waals surface area contributed by atoms with Crippen molar-refractivity contribution in [2.75, 3.05) is 11.9 Å². The van der Waals surface area contributed by atoms with E-state index in [0.29, 0.717) is 0 Å². The zero-order valence-corrected chi connectivity index (χ0v) is 18.7. The molecular weight excluding hydrogens is 388 g/mol. The lowest BCUT2D eigenvalue weighted by Gasteiger charge is -2.19. The number of thiophene rings is 1. The third-order valence-electron chi connectivity index (χ3n) is 5.95. The van der Waals surface area contributed by atoms with Gasteiger partial charge in [-0.15, -0.1) is 16.4 Å². The van der Waals surface area contributed by atoms with E-state index in [2.05, 4.69) is 81.0 Å². The van der Waals surface area contributed by atoms with Gasteiger partial charge < -0.3 is 4.90 Å². The first-order valence-corrected chi connectivity index (χ1v) is 10.9. The van der Waals surface area contributed by atoms with Crippen molar-refractivity contribution in [1.29, 1.82) is 0 Å². The highest BCUT2D eigenvalue weighted by molar-refractivity contribution is 7.22. The van der Waals surface area contributed by atoms with Crippen molar-refractivity contribution in [2.45, 2.75) is 27.7 Å². The van der Waals surface area contributed by atoms with Crippen LogP contribution in [0.3, 0.4) is 0 Å². The Morgan fingerprint density at radius 3 is 2.40 bits per heavy atom. The second-order valence-corrected chi connectivity index (χ2v) is 9.10. The molecule has 3 aromatic heterocycles. The van der Waals surface area contributed by atoms with Crippen LogP contribution in [0.4, 0.5) is 11.5 Å². The van der Waals surface area contributed by atoms with Crippen LogP contribution in [0.25, 0.3) is 26.3 Å². The molecule has 30 heavy (non-hydrogen) atoms. The van der Waals surface area contributed by atoms with Crippen molar-refractivity contribution in [3.63, 3.8) is 0 Å². The monoisotopic (exact) mass is 412 g/mol. The molecule has 150 valence electrons. The largest absolute Gasteiger partial charge is 0.328 e. The van der Waals surface area contributed by atoms with Crippen LogP contribution in [0.1, 0.15) is 22.3 Å². The molecule has 4 nitrogen and oxygen atoms in total. The van der Waals surface area contributed by atoms with Crippen LogP contribution >= 0.6 is 11.3 Å². The fourth-order valence-corrected chi connectivity index (χ4v) is 4.84. The first kappa shape index (κ1) is 18.8. The molecule has 0 radical (unpaired) electrons. The molecule has 0 saturated carbocycles. The Balaban J connectivity index is 1.60. The Labute approximate surface area is 180 Å². The van der Waals surface area contributed by atoms with Crippen LogP contribution in [0.15, 0.2) is 54.7 Å². The Morgan fingerprint density at radius 2 is 1.60 bits per heavy atom. The van der Waals surface area contributed by atoms with E-state index in [9.17, 15) is 0 Å². The van der Waals surface area contributed by atoms with E-state index in [1.54, 1.807) is 11.3 Å². The molecule has 0 bridgehead atoms. The molecule has 2 aromatic carbocycles. The lowest BCUT2D eigenvalue weighted by Crippen LogP contribution is -2.13. The maximum absolute atomic E-state index is 4.93. The van der Waals surface area contributed by atoms with Crippen molar-refractivity contribution < 1.29 is 0 Å². The molecule has 3 heterocycles. The maximum atomic E-state index is 4.93. The lowest BCUT2D eigenvalue weighted by atomic mass is 10.1. The zero-order chi connectivity index (χ0) is 21.0. The number of rotatable bonds is 3. The number of hydrogen-bond donors (Lipinski definition) is 0. The van der Waals surface area contributed by atoms with Crippen LogP contribution in [-0.2, 0) is 0 Å². The molecule has 0 N–H and O–H groups in total. The predicted octanol–water partition coefficient (Wildman–Crippen LogP) is 6.61. The molecule has 5 heteroatoms. The minimum atomic E-state index is 0.854. The number of hydrogen-bond acceptors (Lipinski definition) is 4.